The summed E-state index contributed by atoms with van der Waals surface area (Å²) in [5, 5.41) is 8.08. The lowest BCUT2D eigenvalue weighted by Crippen LogP contribution is -2.45. The second kappa shape index (κ2) is 10.2. The molecule has 2 saturated heterocycles. The molecule has 0 bridgehead atoms. The first-order valence-electron chi connectivity index (χ1n) is 11.1. The van der Waals surface area contributed by atoms with Gasteiger partial charge in [-0.05, 0) is 73.6 Å². The highest BCUT2D eigenvalue weighted by Crippen LogP contribution is 2.35. The molecule has 0 spiro atoms. The van der Waals surface area contributed by atoms with Gasteiger partial charge in [0.05, 0.1) is 11.9 Å². The number of rotatable bonds is 5. The van der Waals surface area contributed by atoms with E-state index in [1.54, 1.807) is 0 Å². The Bertz CT molecular complexity index is 868. The predicted octanol–water partition coefficient (Wildman–Crippen LogP) is 5.01. The molecule has 0 aliphatic carbocycles. The van der Waals surface area contributed by atoms with Crippen LogP contribution in [0.25, 0.3) is 0 Å². The first-order chi connectivity index (χ1) is 15.0. The first kappa shape index (κ1) is 22.3. The van der Waals surface area contributed by atoms with E-state index >= 15 is 0 Å². The molecule has 0 saturated carbocycles. The first-order valence-corrected chi connectivity index (χ1v) is 11.9. The van der Waals surface area contributed by atoms with Gasteiger partial charge in [-0.3, -0.25) is 0 Å². The van der Waals surface area contributed by atoms with Gasteiger partial charge in [0.2, 0.25) is 0 Å². The fourth-order valence-corrected chi connectivity index (χ4v) is 4.92. The third kappa shape index (κ3) is 5.68. The summed E-state index contributed by atoms with van der Waals surface area (Å²) in [5.74, 6) is 1.77. The van der Waals surface area contributed by atoms with Gasteiger partial charge in [-0.15, -0.1) is 0 Å². The number of benzene rings is 1. The molecule has 1 aromatic carbocycles. The number of hydrogen-bond acceptors (Lipinski definition) is 4. The predicted molar refractivity (Wildman–Crippen MR) is 132 cm³/mol. The van der Waals surface area contributed by atoms with Gasteiger partial charge in [-0.2, -0.15) is 0 Å². The van der Waals surface area contributed by atoms with Gasteiger partial charge in [0, 0.05) is 43.3 Å². The average molecular weight is 459 g/mol. The molecule has 5 nitrogen and oxygen atoms in total. The van der Waals surface area contributed by atoms with Crippen molar-refractivity contribution >= 4 is 40.4 Å². The summed E-state index contributed by atoms with van der Waals surface area (Å²) in [4.78, 5) is 7.03. The summed E-state index contributed by atoms with van der Waals surface area (Å²) in [5.41, 5.74) is 2.16. The molecule has 2 aliphatic rings. The van der Waals surface area contributed by atoms with Crippen LogP contribution in [0.4, 0.5) is 11.5 Å². The summed E-state index contributed by atoms with van der Waals surface area (Å²) >= 11 is 11.7. The van der Waals surface area contributed by atoms with E-state index in [2.05, 4.69) is 51.7 Å². The van der Waals surface area contributed by atoms with E-state index in [-0.39, 0.29) is 5.41 Å². The molecule has 2 fully saturated rings. The molecule has 166 valence electrons. The lowest BCUT2D eigenvalue weighted by Gasteiger charge is -2.38. The van der Waals surface area contributed by atoms with Crippen molar-refractivity contribution in [3.8, 4) is 0 Å². The van der Waals surface area contributed by atoms with Crippen LogP contribution in [0.1, 0.15) is 38.2 Å². The van der Waals surface area contributed by atoms with Crippen LogP contribution < -0.4 is 15.5 Å². The lowest BCUT2D eigenvalue weighted by atomic mass is 9.74. The maximum Gasteiger partial charge on any atom is 0.170 e. The van der Waals surface area contributed by atoms with Crippen molar-refractivity contribution in [2.75, 3.05) is 43.1 Å². The van der Waals surface area contributed by atoms with E-state index in [0.29, 0.717) is 5.11 Å². The average Bonchev–Trinajstić information content (AvgIpc) is 2.79. The molecule has 0 unspecified atom stereocenters. The van der Waals surface area contributed by atoms with Crippen LogP contribution in [0, 0.1) is 5.92 Å². The number of aromatic nitrogens is 1. The third-order valence-electron chi connectivity index (χ3n) is 6.48. The van der Waals surface area contributed by atoms with Crippen molar-refractivity contribution in [2.45, 2.75) is 38.0 Å². The number of hydrogen-bond donors (Lipinski definition) is 2. The van der Waals surface area contributed by atoms with Crippen LogP contribution in [0.2, 0.25) is 5.02 Å². The number of nitrogens with one attached hydrogen (secondary N) is 2. The molecule has 3 heterocycles. The number of piperidine rings is 1. The van der Waals surface area contributed by atoms with Crippen LogP contribution in [0.3, 0.4) is 0 Å². The fraction of sp³-hybridized carbons (Fsp3) is 0.500. The molecule has 2 N–H and O–H groups in total. The van der Waals surface area contributed by atoms with Crippen molar-refractivity contribution in [3.05, 3.63) is 53.2 Å². The molecular weight excluding hydrogens is 428 g/mol. The number of anilines is 2. The quantitative estimate of drug-likeness (QED) is 0.614. The highest BCUT2D eigenvalue weighted by Gasteiger charge is 2.34. The number of ether oxygens (including phenoxy) is 1. The Morgan fingerprint density at radius 1 is 1.23 bits per heavy atom. The summed E-state index contributed by atoms with van der Waals surface area (Å²) in [6.07, 6.45) is 6.31. The second-order valence-electron chi connectivity index (χ2n) is 8.81. The standard InChI is InChI=1S/C24H31ClN4OS/c1-18-3-2-12-29(16-18)22-9-8-21(15-26-22)28-23(31)27-17-24(10-13-30-14-11-24)19-4-6-20(25)7-5-19/h4-9,15,18H,2-3,10-14,16-17H2,1H3,(H2,27,28,31)/t18-/m1/s1. The van der Waals surface area contributed by atoms with Crippen LogP contribution in [0.5, 0.6) is 0 Å². The van der Waals surface area contributed by atoms with E-state index < -0.39 is 0 Å². The van der Waals surface area contributed by atoms with Crippen molar-refractivity contribution in [2.24, 2.45) is 5.92 Å². The van der Waals surface area contributed by atoms with Gasteiger partial charge in [0.1, 0.15) is 5.82 Å². The molecule has 4 rings (SSSR count). The minimum atomic E-state index is -0.0123. The third-order valence-corrected chi connectivity index (χ3v) is 6.98. The van der Waals surface area contributed by atoms with Gasteiger partial charge in [-0.1, -0.05) is 30.7 Å². The Kier molecular flexibility index (Phi) is 7.31. The Balaban J connectivity index is 1.35. The van der Waals surface area contributed by atoms with E-state index in [1.807, 2.05) is 18.3 Å². The van der Waals surface area contributed by atoms with E-state index in [9.17, 15) is 0 Å². The van der Waals surface area contributed by atoms with Crippen molar-refractivity contribution < 1.29 is 4.74 Å². The molecule has 1 atom stereocenters. The molecule has 2 aliphatic heterocycles. The topological polar surface area (TPSA) is 49.4 Å². The van der Waals surface area contributed by atoms with E-state index in [0.717, 1.165) is 68.1 Å². The Labute approximate surface area is 195 Å². The highest BCUT2D eigenvalue weighted by molar-refractivity contribution is 7.80. The Hall–Kier alpha value is -1.89. The van der Waals surface area contributed by atoms with Gasteiger partial charge >= 0.3 is 0 Å². The van der Waals surface area contributed by atoms with Crippen LogP contribution >= 0.6 is 23.8 Å². The zero-order valence-corrected chi connectivity index (χ0v) is 19.6. The van der Waals surface area contributed by atoms with Crippen LogP contribution in [0.15, 0.2) is 42.6 Å². The number of halogens is 1. The minimum absolute atomic E-state index is 0.0123. The summed E-state index contributed by atoms with van der Waals surface area (Å²) in [6.45, 7) is 6.73. The molecule has 0 radical (unpaired) electrons. The van der Waals surface area contributed by atoms with Gasteiger partial charge < -0.3 is 20.3 Å². The summed E-state index contributed by atoms with van der Waals surface area (Å²) in [6, 6.07) is 12.3. The number of thiocarbonyl (C=S) groups is 1. The summed E-state index contributed by atoms with van der Waals surface area (Å²) < 4.78 is 5.63. The minimum Gasteiger partial charge on any atom is -0.381 e. The molecule has 1 aromatic heterocycles. The Morgan fingerprint density at radius 2 is 2.00 bits per heavy atom. The Morgan fingerprint density at radius 3 is 2.68 bits per heavy atom. The molecule has 31 heavy (non-hydrogen) atoms. The maximum atomic E-state index is 6.10. The molecular formula is C24H31ClN4OS. The number of nitrogens with zero attached hydrogens (tertiary/aromatic N) is 2. The fourth-order valence-electron chi connectivity index (χ4n) is 4.60. The zero-order valence-electron chi connectivity index (χ0n) is 18.1. The zero-order chi connectivity index (χ0) is 21.7. The smallest absolute Gasteiger partial charge is 0.170 e. The molecule has 0 amide bonds. The highest BCUT2D eigenvalue weighted by atomic mass is 35.5. The van der Waals surface area contributed by atoms with Crippen molar-refractivity contribution in [1.29, 1.82) is 0 Å². The molecule has 2 aromatic rings. The van der Waals surface area contributed by atoms with Crippen LogP contribution in [-0.4, -0.2) is 42.9 Å². The monoisotopic (exact) mass is 458 g/mol. The van der Waals surface area contributed by atoms with E-state index in [1.165, 1.54) is 18.4 Å². The van der Waals surface area contributed by atoms with Gasteiger partial charge in [0.25, 0.3) is 0 Å². The largest absolute Gasteiger partial charge is 0.381 e. The van der Waals surface area contributed by atoms with E-state index in [4.69, 9.17) is 28.6 Å². The number of pyridine rings is 1. The van der Waals surface area contributed by atoms with Gasteiger partial charge in [0.15, 0.2) is 5.11 Å². The maximum absolute atomic E-state index is 6.10. The SMILES string of the molecule is C[C@@H]1CCCN(c2ccc(NC(=S)NCC3(c4ccc(Cl)cc4)CCOCC3)cn2)C1. The second-order valence-corrected chi connectivity index (χ2v) is 9.65. The van der Waals surface area contributed by atoms with Crippen molar-refractivity contribution in [3.63, 3.8) is 0 Å². The van der Waals surface area contributed by atoms with Crippen LogP contribution in [-0.2, 0) is 10.2 Å². The normalized spacial score (nSPS) is 20.8. The van der Waals surface area contributed by atoms with Gasteiger partial charge in [-0.25, -0.2) is 4.98 Å². The van der Waals surface area contributed by atoms with Crippen molar-refractivity contribution in [1.82, 2.24) is 10.3 Å². The lowest BCUT2D eigenvalue weighted by molar-refractivity contribution is 0.0515. The molecule has 7 heteroatoms. The summed E-state index contributed by atoms with van der Waals surface area (Å²) in [7, 11) is 0.